The molecule has 0 radical (unpaired) electrons. The Labute approximate surface area is 341 Å². The van der Waals surface area contributed by atoms with E-state index in [1.54, 1.807) is 6.08 Å². The molecule has 0 aromatic carbocycles. The number of phosphoric ester groups is 1. The third kappa shape index (κ3) is 41.0. The Kier molecular flexibility index (Phi) is 37.8. The van der Waals surface area contributed by atoms with Crippen LogP contribution in [0.1, 0.15) is 213 Å². The molecule has 326 valence electrons. The van der Waals surface area contributed by atoms with E-state index in [0.717, 1.165) is 38.5 Å². The number of allylic oxidation sites excluding steroid dienone is 3. The standard InChI is InChI=1S/C46H91N2O6P/c1-6-8-10-12-14-16-18-20-21-22-23-24-25-26-27-28-30-32-34-36-38-40-46(50)47-44(43-54-55(51,52)53-42-41-48(3,4)5)45(49)39-37-35-33-31-29-19-17-15-13-11-9-7-2/h22-23,37,39,44-45,49H,6-21,24-36,38,40-43H2,1-5H3,(H-,47,50,51,52)/p+1/b23-22-,39-37+. The number of phosphoric acid groups is 1. The SMILES string of the molecule is CCCCCCCCCC/C=C\CCCCCCCCCCCC(=O)NC(COP(=O)(O)OCC[N+](C)(C)C)C(O)/C=C/CCCCCCCCCCCC. The van der Waals surface area contributed by atoms with Gasteiger partial charge in [0.15, 0.2) is 0 Å². The Bertz CT molecular complexity index is 953. The van der Waals surface area contributed by atoms with Gasteiger partial charge in [-0.3, -0.25) is 13.8 Å². The number of nitrogens with one attached hydrogen (secondary N) is 1. The van der Waals surface area contributed by atoms with Crippen molar-refractivity contribution in [2.24, 2.45) is 0 Å². The van der Waals surface area contributed by atoms with Crippen LogP contribution in [0.2, 0.25) is 0 Å². The lowest BCUT2D eigenvalue weighted by molar-refractivity contribution is -0.870. The maximum absolute atomic E-state index is 12.9. The fraction of sp³-hybridized carbons (Fsp3) is 0.891. The quantitative estimate of drug-likeness (QED) is 0.0246. The molecule has 0 rings (SSSR count). The van der Waals surface area contributed by atoms with Crippen LogP contribution in [0, 0.1) is 0 Å². The number of aliphatic hydroxyl groups is 1. The van der Waals surface area contributed by atoms with Crippen LogP contribution in [0.25, 0.3) is 0 Å². The zero-order chi connectivity index (χ0) is 40.7. The largest absolute Gasteiger partial charge is 0.472 e. The van der Waals surface area contributed by atoms with Gasteiger partial charge >= 0.3 is 7.82 Å². The number of amides is 1. The first-order valence-electron chi connectivity index (χ1n) is 23.2. The summed E-state index contributed by atoms with van der Waals surface area (Å²) in [6.45, 7) is 4.81. The van der Waals surface area contributed by atoms with Gasteiger partial charge in [-0.15, -0.1) is 0 Å². The van der Waals surface area contributed by atoms with Gasteiger partial charge in [-0.05, 0) is 44.9 Å². The van der Waals surface area contributed by atoms with Crippen LogP contribution in [-0.2, 0) is 18.4 Å². The van der Waals surface area contributed by atoms with E-state index in [4.69, 9.17) is 9.05 Å². The van der Waals surface area contributed by atoms with Crippen LogP contribution >= 0.6 is 7.82 Å². The van der Waals surface area contributed by atoms with E-state index in [2.05, 4.69) is 31.3 Å². The first-order chi connectivity index (χ1) is 26.5. The number of aliphatic hydroxyl groups excluding tert-OH is 1. The summed E-state index contributed by atoms with van der Waals surface area (Å²) in [5.41, 5.74) is 0. The van der Waals surface area contributed by atoms with Gasteiger partial charge in [0.2, 0.25) is 5.91 Å². The van der Waals surface area contributed by atoms with Gasteiger partial charge in [0.1, 0.15) is 13.2 Å². The van der Waals surface area contributed by atoms with Gasteiger partial charge in [-0.25, -0.2) is 4.57 Å². The van der Waals surface area contributed by atoms with Gasteiger partial charge in [0.05, 0.1) is 39.9 Å². The minimum Gasteiger partial charge on any atom is -0.387 e. The average molecular weight is 800 g/mol. The van der Waals surface area contributed by atoms with E-state index in [-0.39, 0.29) is 19.1 Å². The highest BCUT2D eigenvalue weighted by Gasteiger charge is 2.27. The summed E-state index contributed by atoms with van der Waals surface area (Å²) in [7, 11) is 1.57. The van der Waals surface area contributed by atoms with E-state index >= 15 is 0 Å². The molecule has 0 saturated heterocycles. The Morgan fingerprint density at radius 2 is 0.982 bits per heavy atom. The molecule has 0 spiro atoms. The average Bonchev–Trinajstić information content (AvgIpc) is 3.13. The first-order valence-corrected chi connectivity index (χ1v) is 24.7. The second kappa shape index (κ2) is 38.5. The Balaban J connectivity index is 4.30. The van der Waals surface area contributed by atoms with Gasteiger partial charge < -0.3 is 19.8 Å². The number of carbonyl (C=O) groups is 1. The minimum absolute atomic E-state index is 0.0622. The number of nitrogens with zero attached hydrogens (tertiary/aromatic N) is 1. The number of likely N-dealkylation sites (N-methyl/N-ethyl adjacent to an activating group) is 1. The predicted molar refractivity (Wildman–Crippen MR) is 235 cm³/mol. The van der Waals surface area contributed by atoms with Crippen molar-refractivity contribution in [3.05, 3.63) is 24.3 Å². The van der Waals surface area contributed by atoms with Crippen LogP contribution in [0.4, 0.5) is 0 Å². The molecule has 0 bridgehead atoms. The van der Waals surface area contributed by atoms with Crippen molar-refractivity contribution in [3.8, 4) is 0 Å². The Morgan fingerprint density at radius 1 is 0.600 bits per heavy atom. The normalized spacial score (nSPS) is 14.5. The zero-order valence-corrected chi connectivity index (χ0v) is 37.8. The molecular weight excluding hydrogens is 707 g/mol. The Hall–Kier alpha value is -1.02. The lowest BCUT2D eigenvalue weighted by Gasteiger charge is -2.25. The number of rotatable bonds is 42. The van der Waals surface area contributed by atoms with Crippen LogP contribution in [-0.4, -0.2) is 73.4 Å². The molecule has 0 aromatic rings. The van der Waals surface area contributed by atoms with Crippen molar-refractivity contribution in [2.45, 2.75) is 225 Å². The van der Waals surface area contributed by atoms with E-state index in [1.807, 2.05) is 27.2 Å². The molecule has 3 atom stereocenters. The zero-order valence-electron chi connectivity index (χ0n) is 36.9. The highest BCUT2D eigenvalue weighted by atomic mass is 31.2. The summed E-state index contributed by atoms with van der Waals surface area (Å²) < 4.78 is 23.5. The smallest absolute Gasteiger partial charge is 0.387 e. The van der Waals surface area contributed by atoms with Crippen LogP contribution < -0.4 is 5.32 Å². The molecule has 0 fully saturated rings. The summed E-state index contributed by atoms with van der Waals surface area (Å²) in [4.78, 5) is 23.1. The highest BCUT2D eigenvalue weighted by molar-refractivity contribution is 7.47. The van der Waals surface area contributed by atoms with Crippen LogP contribution in [0.5, 0.6) is 0 Å². The Morgan fingerprint density at radius 3 is 1.40 bits per heavy atom. The van der Waals surface area contributed by atoms with Gasteiger partial charge in [0.25, 0.3) is 0 Å². The maximum atomic E-state index is 12.9. The number of carbonyl (C=O) groups excluding carboxylic acids is 1. The van der Waals surface area contributed by atoms with Crippen LogP contribution in [0.3, 0.4) is 0 Å². The van der Waals surface area contributed by atoms with Crippen LogP contribution in [0.15, 0.2) is 24.3 Å². The minimum atomic E-state index is -4.33. The van der Waals surface area contributed by atoms with Gasteiger partial charge in [0, 0.05) is 6.42 Å². The molecule has 0 aliphatic rings. The van der Waals surface area contributed by atoms with E-state index in [1.165, 1.54) is 154 Å². The lowest BCUT2D eigenvalue weighted by atomic mass is 10.0. The monoisotopic (exact) mass is 800 g/mol. The van der Waals surface area contributed by atoms with Crippen molar-refractivity contribution in [1.82, 2.24) is 5.32 Å². The molecule has 1 amide bonds. The topological polar surface area (TPSA) is 105 Å². The molecule has 0 aliphatic carbocycles. The molecule has 55 heavy (non-hydrogen) atoms. The second-order valence-corrected chi connectivity index (χ2v) is 18.6. The lowest BCUT2D eigenvalue weighted by Crippen LogP contribution is -2.45. The summed E-state index contributed by atoms with van der Waals surface area (Å²) in [5, 5.41) is 13.8. The number of hydrogen-bond donors (Lipinski definition) is 3. The molecule has 8 nitrogen and oxygen atoms in total. The third-order valence-electron chi connectivity index (χ3n) is 10.4. The number of quaternary nitrogens is 1. The number of hydrogen-bond acceptors (Lipinski definition) is 5. The van der Waals surface area contributed by atoms with E-state index in [9.17, 15) is 19.4 Å². The highest BCUT2D eigenvalue weighted by Crippen LogP contribution is 2.43. The van der Waals surface area contributed by atoms with Crippen molar-refractivity contribution in [1.29, 1.82) is 0 Å². The summed E-state index contributed by atoms with van der Waals surface area (Å²) in [5.74, 6) is -0.179. The molecule has 0 aromatic heterocycles. The molecule has 9 heteroatoms. The third-order valence-corrected chi connectivity index (χ3v) is 11.4. The summed E-state index contributed by atoms with van der Waals surface area (Å²) in [6, 6.07) is -0.843. The van der Waals surface area contributed by atoms with Crippen molar-refractivity contribution < 1.29 is 32.9 Å². The van der Waals surface area contributed by atoms with Gasteiger partial charge in [-0.2, -0.15) is 0 Å². The molecule has 0 aliphatic heterocycles. The fourth-order valence-corrected chi connectivity index (χ4v) is 7.42. The van der Waals surface area contributed by atoms with E-state index < -0.39 is 20.0 Å². The molecule has 0 heterocycles. The summed E-state index contributed by atoms with van der Waals surface area (Å²) >= 11 is 0. The molecule has 3 N–H and O–H groups in total. The molecular formula is C46H92N2O6P+. The molecule has 0 saturated carbocycles. The first kappa shape index (κ1) is 54.0. The second-order valence-electron chi connectivity index (χ2n) is 17.1. The fourth-order valence-electron chi connectivity index (χ4n) is 6.68. The van der Waals surface area contributed by atoms with Crippen molar-refractivity contribution >= 4 is 13.7 Å². The predicted octanol–water partition coefficient (Wildman–Crippen LogP) is 12.9. The molecule has 3 unspecified atom stereocenters. The van der Waals surface area contributed by atoms with Crippen molar-refractivity contribution in [3.63, 3.8) is 0 Å². The summed E-state index contributed by atoms with van der Waals surface area (Å²) in [6.07, 6.45) is 45.3. The maximum Gasteiger partial charge on any atom is 0.472 e. The number of unbranched alkanes of at least 4 members (excludes halogenated alkanes) is 27. The van der Waals surface area contributed by atoms with Crippen molar-refractivity contribution in [2.75, 3.05) is 40.9 Å². The van der Waals surface area contributed by atoms with Gasteiger partial charge in [-0.1, -0.05) is 186 Å². The van der Waals surface area contributed by atoms with E-state index in [0.29, 0.717) is 17.4 Å².